The van der Waals surface area contributed by atoms with Crippen LogP contribution < -0.4 is 9.78 Å². The Hall–Kier alpha value is -1.03. The predicted molar refractivity (Wildman–Crippen MR) is 62.3 cm³/mol. The molecule has 4 nitrogen and oxygen atoms in total. The molecule has 0 radical (unpaired) electrons. The molecular weight excluding hydrogens is 295 g/mol. The number of carbonyl (C=O) groups is 2. The van der Waals surface area contributed by atoms with Gasteiger partial charge in [0.05, 0.1) is 0 Å². The maximum atomic E-state index is 11.8. The molecular formula is C10H9ClN2O2Se. The number of nitrogens with zero attached hydrogens (tertiary/aromatic N) is 1. The third-order valence-corrected chi connectivity index (χ3v) is 4.24. The number of imide groups is 1. The maximum absolute atomic E-state index is 11.8. The van der Waals surface area contributed by atoms with Crippen LogP contribution in [0.1, 0.15) is 0 Å². The van der Waals surface area contributed by atoms with Crippen molar-refractivity contribution >= 4 is 41.9 Å². The van der Waals surface area contributed by atoms with Gasteiger partial charge in [-0.1, -0.05) is 0 Å². The zero-order valence-corrected chi connectivity index (χ0v) is 10.7. The number of amides is 3. The van der Waals surface area contributed by atoms with Crippen LogP contribution in [0.15, 0.2) is 24.3 Å². The van der Waals surface area contributed by atoms with Crippen LogP contribution >= 0.6 is 11.6 Å². The molecule has 1 fully saturated rings. The molecule has 0 bridgehead atoms. The molecule has 3 amide bonds. The molecule has 1 aromatic carbocycles. The van der Waals surface area contributed by atoms with Gasteiger partial charge in [-0.15, -0.1) is 0 Å². The van der Waals surface area contributed by atoms with Crippen LogP contribution in [-0.2, 0) is 0 Å². The van der Waals surface area contributed by atoms with E-state index in [4.69, 9.17) is 11.6 Å². The van der Waals surface area contributed by atoms with E-state index in [0.29, 0.717) is 18.1 Å². The summed E-state index contributed by atoms with van der Waals surface area (Å²) >= 11 is 5.38. The molecule has 1 saturated heterocycles. The Kier molecular flexibility index (Phi) is 3.49. The minimum atomic E-state index is -0.369. The van der Waals surface area contributed by atoms with Gasteiger partial charge in [-0.05, 0) is 0 Å². The zero-order chi connectivity index (χ0) is 11.5. The van der Waals surface area contributed by atoms with Crippen LogP contribution in [0, 0.1) is 0 Å². The summed E-state index contributed by atoms with van der Waals surface area (Å²) in [4.78, 5) is 24.2. The second kappa shape index (κ2) is 4.87. The SMILES string of the molecule is O=C1NCCN1C(=O)[Se]c1ccc(Cl)cc1. The van der Waals surface area contributed by atoms with E-state index in [1.54, 1.807) is 12.1 Å². The third-order valence-electron chi connectivity index (χ3n) is 2.10. The van der Waals surface area contributed by atoms with E-state index in [1.165, 1.54) is 4.90 Å². The first kappa shape index (κ1) is 11.5. The van der Waals surface area contributed by atoms with Crippen LogP contribution in [0.3, 0.4) is 0 Å². The molecule has 16 heavy (non-hydrogen) atoms. The van der Waals surface area contributed by atoms with Gasteiger partial charge in [0.15, 0.2) is 0 Å². The first-order valence-electron chi connectivity index (χ1n) is 4.69. The Balaban J connectivity index is 2.02. The second-order valence-electron chi connectivity index (χ2n) is 3.21. The van der Waals surface area contributed by atoms with Crippen LogP contribution in [0.5, 0.6) is 0 Å². The summed E-state index contributed by atoms with van der Waals surface area (Å²) in [5, 5.41) is 3.24. The number of hydrogen-bond acceptors (Lipinski definition) is 2. The molecule has 0 saturated carbocycles. The van der Waals surface area contributed by atoms with E-state index in [9.17, 15) is 9.59 Å². The molecule has 0 atom stereocenters. The van der Waals surface area contributed by atoms with Gasteiger partial charge in [0.1, 0.15) is 0 Å². The number of benzene rings is 1. The Labute approximate surface area is 104 Å². The monoisotopic (exact) mass is 304 g/mol. The quantitative estimate of drug-likeness (QED) is 0.822. The normalized spacial score (nSPS) is 15.1. The van der Waals surface area contributed by atoms with Gasteiger partial charge in [0, 0.05) is 0 Å². The molecule has 1 aliphatic heterocycles. The van der Waals surface area contributed by atoms with Crippen LogP contribution in [-0.4, -0.2) is 43.8 Å². The number of urea groups is 1. The molecule has 1 aliphatic rings. The summed E-state index contributed by atoms with van der Waals surface area (Å²) in [6.45, 7) is 1.01. The summed E-state index contributed by atoms with van der Waals surface area (Å²) in [7, 11) is 0. The van der Waals surface area contributed by atoms with Gasteiger partial charge in [-0.25, -0.2) is 0 Å². The van der Waals surface area contributed by atoms with E-state index in [1.807, 2.05) is 12.1 Å². The standard InChI is InChI=1S/C10H9ClN2O2Se/c11-7-1-3-8(4-2-7)16-10(15)13-6-5-12-9(13)14/h1-4H,5-6H2,(H,12,14). The molecule has 0 unspecified atom stereocenters. The Bertz CT molecular complexity index is 421. The molecule has 0 spiro atoms. The molecule has 1 N–H and O–H groups in total. The van der Waals surface area contributed by atoms with Crippen molar-refractivity contribution in [2.45, 2.75) is 0 Å². The number of carbonyl (C=O) groups excluding carboxylic acids is 2. The number of nitrogens with one attached hydrogen (secondary N) is 1. The Morgan fingerprint density at radius 3 is 2.62 bits per heavy atom. The molecule has 0 aliphatic carbocycles. The molecule has 6 heteroatoms. The van der Waals surface area contributed by atoms with Crippen molar-refractivity contribution in [1.29, 1.82) is 0 Å². The van der Waals surface area contributed by atoms with Crippen LogP contribution in [0.4, 0.5) is 9.59 Å². The summed E-state index contributed by atoms with van der Waals surface area (Å²) in [6.07, 6.45) is 0. The Morgan fingerprint density at radius 1 is 1.38 bits per heavy atom. The van der Waals surface area contributed by atoms with Crippen LogP contribution in [0.25, 0.3) is 0 Å². The fraction of sp³-hybridized carbons (Fsp3) is 0.200. The number of hydrogen-bond donors (Lipinski definition) is 1. The van der Waals surface area contributed by atoms with Gasteiger partial charge in [0.2, 0.25) is 0 Å². The number of halogens is 1. The molecule has 2 rings (SSSR count). The van der Waals surface area contributed by atoms with Crippen LogP contribution in [0.2, 0.25) is 5.02 Å². The van der Waals surface area contributed by atoms with Gasteiger partial charge in [-0.2, -0.15) is 0 Å². The van der Waals surface area contributed by atoms with Crippen molar-refractivity contribution in [2.75, 3.05) is 13.1 Å². The van der Waals surface area contributed by atoms with E-state index in [2.05, 4.69) is 5.32 Å². The average molecular weight is 304 g/mol. The van der Waals surface area contributed by atoms with Crippen molar-refractivity contribution in [3.8, 4) is 0 Å². The molecule has 84 valence electrons. The van der Waals surface area contributed by atoms with Gasteiger partial charge in [0.25, 0.3) is 0 Å². The van der Waals surface area contributed by atoms with Gasteiger partial charge < -0.3 is 0 Å². The first-order chi connectivity index (χ1) is 7.66. The van der Waals surface area contributed by atoms with E-state index in [0.717, 1.165) is 4.46 Å². The summed E-state index contributed by atoms with van der Waals surface area (Å²) in [5.74, 6) is 0. The second-order valence-corrected chi connectivity index (χ2v) is 5.79. The average Bonchev–Trinajstić information content (AvgIpc) is 2.68. The molecule has 1 aromatic rings. The van der Waals surface area contributed by atoms with Gasteiger partial charge >= 0.3 is 104 Å². The van der Waals surface area contributed by atoms with Crippen molar-refractivity contribution in [3.63, 3.8) is 0 Å². The fourth-order valence-electron chi connectivity index (χ4n) is 1.30. The summed E-state index contributed by atoms with van der Waals surface area (Å²) < 4.78 is 0.918. The van der Waals surface area contributed by atoms with Crippen molar-refractivity contribution in [1.82, 2.24) is 10.2 Å². The first-order valence-corrected chi connectivity index (χ1v) is 6.78. The Morgan fingerprint density at radius 2 is 2.06 bits per heavy atom. The van der Waals surface area contributed by atoms with Crippen molar-refractivity contribution < 1.29 is 9.59 Å². The van der Waals surface area contributed by atoms with Crippen molar-refractivity contribution in [2.24, 2.45) is 0 Å². The predicted octanol–water partition coefficient (Wildman–Crippen LogP) is 0.815. The summed E-state index contributed by atoms with van der Waals surface area (Å²) in [5.41, 5.74) is 0. The van der Waals surface area contributed by atoms with E-state index < -0.39 is 0 Å². The van der Waals surface area contributed by atoms with E-state index >= 15 is 0 Å². The minimum absolute atomic E-state index is 0.121. The van der Waals surface area contributed by atoms with Gasteiger partial charge in [-0.3, -0.25) is 0 Å². The molecule has 0 aromatic heterocycles. The van der Waals surface area contributed by atoms with Crippen molar-refractivity contribution in [3.05, 3.63) is 29.3 Å². The third kappa shape index (κ3) is 2.55. The zero-order valence-electron chi connectivity index (χ0n) is 8.27. The van der Waals surface area contributed by atoms with E-state index in [-0.39, 0.29) is 25.8 Å². The number of rotatable bonds is 2. The fourth-order valence-corrected chi connectivity index (χ4v) is 3.02. The molecule has 1 heterocycles. The summed E-state index contributed by atoms with van der Waals surface area (Å²) in [6, 6.07) is 6.83. The topological polar surface area (TPSA) is 49.4 Å².